The van der Waals surface area contributed by atoms with E-state index in [4.69, 9.17) is 10.2 Å². The fourth-order valence-corrected chi connectivity index (χ4v) is 2.39. The van der Waals surface area contributed by atoms with Crippen molar-refractivity contribution in [1.82, 2.24) is 4.90 Å². The molecule has 4 nitrogen and oxygen atoms in total. The minimum atomic E-state index is 0.0625. The molecule has 2 N–H and O–H groups in total. The van der Waals surface area contributed by atoms with E-state index in [1.54, 1.807) is 6.07 Å². The molecular weight excluding hydrogens is 216 g/mol. The molecule has 0 aromatic carbocycles. The van der Waals surface area contributed by atoms with Gasteiger partial charge in [-0.25, -0.2) is 0 Å². The van der Waals surface area contributed by atoms with Gasteiger partial charge in [-0.2, -0.15) is 0 Å². The normalized spacial score (nSPS) is 25.0. The largest absolute Gasteiger partial charge is 0.467 e. The maximum absolute atomic E-state index is 12.3. The first kappa shape index (κ1) is 12.2. The predicted octanol–water partition coefficient (Wildman–Crippen LogP) is 2.00. The highest BCUT2D eigenvalue weighted by atomic mass is 16.3. The summed E-state index contributed by atoms with van der Waals surface area (Å²) >= 11 is 0. The number of hydrogen-bond donors (Lipinski definition) is 1. The van der Waals surface area contributed by atoms with Crippen LogP contribution in [0.15, 0.2) is 16.7 Å². The average Bonchev–Trinajstić information content (AvgIpc) is 2.80. The number of likely N-dealkylation sites (tertiary alicyclic amines) is 1. The Kier molecular flexibility index (Phi) is 3.52. The highest BCUT2D eigenvalue weighted by Gasteiger charge is 2.29. The van der Waals surface area contributed by atoms with Crippen molar-refractivity contribution in [3.05, 3.63) is 23.7 Å². The Balaban J connectivity index is 2.13. The molecule has 0 radical (unpaired) electrons. The minimum Gasteiger partial charge on any atom is -0.467 e. The topological polar surface area (TPSA) is 59.5 Å². The van der Waals surface area contributed by atoms with Crippen LogP contribution in [0.25, 0.3) is 0 Å². The summed E-state index contributed by atoms with van der Waals surface area (Å²) in [5, 5.41) is 0. The number of carbonyl (C=O) groups excluding carboxylic acids is 1. The molecule has 1 amide bonds. The second kappa shape index (κ2) is 4.92. The van der Waals surface area contributed by atoms with Gasteiger partial charge in [-0.1, -0.05) is 6.92 Å². The Labute approximate surface area is 102 Å². The lowest BCUT2D eigenvalue weighted by Crippen LogP contribution is -2.45. The van der Waals surface area contributed by atoms with Crippen LogP contribution in [-0.4, -0.2) is 23.4 Å². The van der Waals surface area contributed by atoms with Crippen LogP contribution in [0.1, 0.15) is 42.8 Å². The average molecular weight is 236 g/mol. The third-order valence-corrected chi connectivity index (χ3v) is 3.74. The molecule has 0 spiro atoms. The van der Waals surface area contributed by atoms with E-state index >= 15 is 0 Å². The first-order valence-corrected chi connectivity index (χ1v) is 6.22. The highest BCUT2D eigenvalue weighted by Crippen LogP contribution is 2.24. The van der Waals surface area contributed by atoms with E-state index in [0.29, 0.717) is 29.8 Å². The summed E-state index contributed by atoms with van der Waals surface area (Å²) in [5.41, 5.74) is 6.09. The Bertz CT molecular complexity index is 400. The third-order valence-electron chi connectivity index (χ3n) is 3.74. The molecule has 1 aromatic rings. The monoisotopic (exact) mass is 236 g/mol. The van der Waals surface area contributed by atoms with Crippen molar-refractivity contribution in [3.8, 4) is 0 Å². The Morgan fingerprint density at radius 3 is 3.00 bits per heavy atom. The van der Waals surface area contributed by atoms with Crippen LogP contribution in [0.3, 0.4) is 0 Å². The molecule has 1 saturated heterocycles. The molecule has 1 aromatic heterocycles. The van der Waals surface area contributed by atoms with Gasteiger partial charge in [0.1, 0.15) is 12.0 Å². The van der Waals surface area contributed by atoms with Gasteiger partial charge in [-0.3, -0.25) is 4.79 Å². The summed E-state index contributed by atoms with van der Waals surface area (Å²) < 4.78 is 5.22. The van der Waals surface area contributed by atoms with Gasteiger partial charge < -0.3 is 15.1 Å². The van der Waals surface area contributed by atoms with Crippen LogP contribution in [-0.2, 0) is 6.54 Å². The van der Waals surface area contributed by atoms with Crippen LogP contribution < -0.4 is 5.73 Å². The molecule has 2 heterocycles. The molecule has 1 aliphatic rings. The van der Waals surface area contributed by atoms with Crippen molar-refractivity contribution < 1.29 is 9.21 Å². The van der Waals surface area contributed by atoms with Gasteiger partial charge in [0, 0.05) is 12.6 Å². The summed E-state index contributed by atoms with van der Waals surface area (Å²) in [5.74, 6) is 1.28. The van der Waals surface area contributed by atoms with Crippen LogP contribution >= 0.6 is 0 Å². The van der Waals surface area contributed by atoms with E-state index in [-0.39, 0.29) is 5.91 Å². The lowest BCUT2D eigenvalue weighted by atomic mass is 9.91. The van der Waals surface area contributed by atoms with Gasteiger partial charge in [0.25, 0.3) is 5.91 Å². The van der Waals surface area contributed by atoms with E-state index in [1.807, 2.05) is 4.90 Å². The number of carbonyl (C=O) groups is 1. The zero-order valence-electron chi connectivity index (χ0n) is 10.5. The Morgan fingerprint density at radius 1 is 1.59 bits per heavy atom. The van der Waals surface area contributed by atoms with Crippen molar-refractivity contribution in [1.29, 1.82) is 0 Å². The third kappa shape index (κ3) is 2.36. The summed E-state index contributed by atoms with van der Waals surface area (Å²) in [6.45, 7) is 5.49. The zero-order valence-corrected chi connectivity index (χ0v) is 10.5. The van der Waals surface area contributed by atoms with Gasteiger partial charge in [0.2, 0.25) is 0 Å². The molecule has 0 saturated carbocycles. The van der Waals surface area contributed by atoms with Crippen LogP contribution in [0, 0.1) is 5.92 Å². The number of nitrogens with zero attached hydrogens (tertiary/aromatic N) is 1. The van der Waals surface area contributed by atoms with Crippen molar-refractivity contribution in [3.63, 3.8) is 0 Å². The molecule has 0 aliphatic carbocycles. The number of amides is 1. The molecule has 94 valence electrons. The van der Waals surface area contributed by atoms with E-state index < -0.39 is 0 Å². The van der Waals surface area contributed by atoms with Crippen LogP contribution in [0.5, 0.6) is 0 Å². The number of nitrogens with two attached hydrogens (primary N) is 1. The maximum atomic E-state index is 12.3. The number of hydrogen-bond acceptors (Lipinski definition) is 3. The number of furan rings is 1. The van der Waals surface area contributed by atoms with Gasteiger partial charge in [0.05, 0.1) is 12.1 Å². The van der Waals surface area contributed by atoms with Crippen LogP contribution in [0.2, 0.25) is 0 Å². The summed E-state index contributed by atoms with van der Waals surface area (Å²) in [4.78, 5) is 14.3. The predicted molar refractivity (Wildman–Crippen MR) is 65.5 cm³/mol. The van der Waals surface area contributed by atoms with Crippen molar-refractivity contribution in [2.75, 3.05) is 6.54 Å². The lowest BCUT2D eigenvalue weighted by molar-refractivity contribution is 0.0550. The van der Waals surface area contributed by atoms with Crippen LogP contribution in [0.4, 0.5) is 0 Å². The van der Waals surface area contributed by atoms with E-state index in [2.05, 4.69) is 13.8 Å². The molecule has 1 fully saturated rings. The summed E-state index contributed by atoms with van der Waals surface area (Å²) in [6, 6.07) is 2.04. The standard InChI is InChI=1S/C13H20N2O2/c1-9-4-3-5-15(10(9)2)13(16)11-6-12(7-14)17-8-11/h6,8-10H,3-5,7,14H2,1-2H3. The van der Waals surface area contributed by atoms with Crippen molar-refractivity contribution >= 4 is 5.91 Å². The van der Waals surface area contributed by atoms with E-state index in [9.17, 15) is 4.79 Å². The fraction of sp³-hybridized carbons (Fsp3) is 0.615. The molecular formula is C13H20N2O2. The molecule has 2 rings (SSSR count). The quantitative estimate of drug-likeness (QED) is 0.854. The second-order valence-electron chi connectivity index (χ2n) is 4.86. The molecule has 4 heteroatoms. The highest BCUT2D eigenvalue weighted by molar-refractivity contribution is 5.94. The SMILES string of the molecule is CC1CCCN(C(=O)c2coc(CN)c2)C1C. The second-order valence-corrected chi connectivity index (χ2v) is 4.86. The lowest BCUT2D eigenvalue weighted by Gasteiger charge is -2.37. The van der Waals surface area contributed by atoms with Gasteiger partial charge in [-0.05, 0) is 31.7 Å². The fourth-order valence-electron chi connectivity index (χ4n) is 2.39. The number of piperidine rings is 1. The summed E-state index contributed by atoms with van der Waals surface area (Å²) in [7, 11) is 0. The molecule has 2 atom stereocenters. The number of rotatable bonds is 2. The van der Waals surface area contributed by atoms with Gasteiger partial charge in [-0.15, -0.1) is 0 Å². The van der Waals surface area contributed by atoms with E-state index in [0.717, 1.165) is 13.0 Å². The molecule has 0 bridgehead atoms. The zero-order chi connectivity index (χ0) is 12.4. The van der Waals surface area contributed by atoms with Crippen molar-refractivity contribution in [2.24, 2.45) is 11.7 Å². The smallest absolute Gasteiger partial charge is 0.257 e. The molecule has 2 unspecified atom stereocenters. The van der Waals surface area contributed by atoms with E-state index in [1.165, 1.54) is 12.7 Å². The van der Waals surface area contributed by atoms with Gasteiger partial charge in [0.15, 0.2) is 0 Å². The maximum Gasteiger partial charge on any atom is 0.257 e. The minimum absolute atomic E-state index is 0.0625. The molecule has 1 aliphatic heterocycles. The first-order chi connectivity index (χ1) is 8.13. The molecule has 17 heavy (non-hydrogen) atoms. The summed E-state index contributed by atoms with van der Waals surface area (Å²) in [6.07, 6.45) is 3.79. The first-order valence-electron chi connectivity index (χ1n) is 6.22. The Morgan fingerprint density at radius 2 is 2.35 bits per heavy atom. The van der Waals surface area contributed by atoms with Crippen molar-refractivity contribution in [2.45, 2.75) is 39.3 Å². The van der Waals surface area contributed by atoms with Gasteiger partial charge >= 0.3 is 0 Å². The Hall–Kier alpha value is -1.29.